The lowest BCUT2D eigenvalue weighted by atomic mass is 10.1. The molecule has 4 atom stereocenters. The minimum Gasteiger partial charge on any atom is -0.444 e. The standard InChI is InChI=1S/C21H23N5O6/c1-21(2)31-15-13(8-27)30-19(16(15)32-21)26-11-24-14-17(22-10-23-18(14)26)25-20(28)29-9-12-6-4-3-5-7-12/h3-7,10-11,13,15-16,19,27H,8-9H2,1-2H3,(H,22,23,25,28)/t13-,15-,16-,19-/m1/s1. The quantitative estimate of drug-likeness (QED) is 0.610. The van der Waals surface area contributed by atoms with Gasteiger partial charge >= 0.3 is 6.09 Å². The Hall–Kier alpha value is -3.12. The number of rotatable bonds is 5. The van der Waals surface area contributed by atoms with Crippen molar-refractivity contribution >= 4 is 23.1 Å². The average Bonchev–Trinajstić information content (AvgIpc) is 3.44. The summed E-state index contributed by atoms with van der Waals surface area (Å²) in [5.74, 6) is -0.588. The van der Waals surface area contributed by atoms with E-state index in [2.05, 4.69) is 20.3 Å². The second-order valence-corrected chi connectivity index (χ2v) is 8.05. The molecule has 11 nitrogen and oxygen atoms in total. The van der Waals surface area contributed by atoms with Gasteiger partial charge in [-0.3, -0.25) is 9.88 Å². The van der Waals surface area contributed by atoms with Crippen LogP contribution in [-0.4, -0.2) is 61.4 Å². The molecule has 5 rings (SSSR count). The van der Waals surface area contributed by atoms with E-state index in [-0.39, 0.29) is 19.0 Å². The van der Waals surface area contributed by atoms with Crippen molar-refractivity contribution in [2.45, 2.75) is 50.8 Å². The highest BCUT2D eigenvalue weighted by Crippen LogP contribution is 2.43. The third-order valence-corrected chi connectivity index (χ3v) is 5.37. The van der Waals surface area contributed by atoms with Crippen molar-refractivity contribution < 1.29 is 28.8 Å². The predicted molar refractivity (Wildman–Crippen MR) is 110 cm³/mol. The van der Waals surface area contributed by atoms with E-state index >= 15 is 0 Å². The van der Waals surface area contributed by atoms with Crippen molar-refractivity contribution in [1.29, 1.82) is 0 Å². The molecule has 32 heavy (non-hydrogen) atoms. The SMILES string of the molecule is CC1(C)O[C@@H]2[C@H](O1)[C@@H](CO)O[C@H]2n1cnc2c(NC(=O)OCc3ccccc3)ncnc21. The summed E-state index contributed by atoms with van der Waals surface area (Å²) in [6, 6.07) is 9.36. The summed E-state index contributed by atoms with van der Waals surface area (Å²) in [5, 5.41) is 12.3. The van der Waals surface area contributed by atoms with Crippen LogP contribution in [0.25, 0.3) is 11.2 Å². The number of benzene rings is 1. The summed E-state index contributed by atoms with van der Waals surface area (Å²) < 4.78 is 24.9. The topological polar surface area (TPSA) is 130 Å². The van der Waals surface area contributed by atoms with E-state index in [1.807, 2.05) is 44.2 Å². The number of aromatic nitrogens is 4. The number of anilines is 1. The van der Waals surface area contributed by atoms with Crippen LogP contribution < -0.4 is 5.32 Å². The number of ether oxygens (including phenoxy) is 4. The molecule has 2 aromatic heterocycles. The van der Waals surface area contributed by atoms with Crippen LogP contribution in [0.3, 0.4) is 0 Å². The number of hydrogen-bond acceptors (Lipinski definition) is 9. The van der Waals surface area contributed by atoms with E-state index in [9.17, 15) is 9.90 Å². The highest BCUT2D eigenvalue weighted by atomic mass is 16.8. The molecule has 1 amide bonds. The summed E-state index contributed by atoms with van der Waals surface area (Å²) in [4.78, 5) is 25.1. The number of imidazole rings is 1. The van der Waals surface area contributed by atoms with Crippen LogP contribution in [0.5, 0.6) is 0 Å². The smallest absolute Gasteiger partial charge is 0.413 e. The van der Waals surface area contributed by atoms with Gasteiger partial charge in [0.25, 0.3) is 0 Å². The van der Waals surface area contributed by atoms with Gasteiger partial charge in [0, 0.05) is 0 Å². The van der Waals surface area contributed by atoms with Gasteiger partial charge in [-0.25, -0.2) is 19.7 Å². The minimum atomic E-state index is -0.800. The third kappa shape index (κ3) is 3.79. The number of carbonyl (C=O) groups is 1. The average molecular weight is 441 g/mol. The van der Waals surface area contributed by atoms with Crippen LogP contribution in [0.2, 0.25) is 0 Å². The molecule has 0 saturated carbocycles. The van der Waals surface area contributed by atoms with Crippen LogP contribution in [0.15, 0.2) is 43.0 Å². The fourth-order valence-corrected chi connectivity index (χ4v) is 4.02. The molecule has 2 N–H and O–H groups in total. The predicted octanol–water partition coefficient (Wildman–Crippen LogP) is 1.98. The first kappa shape index (κ1) is 20.8. The van der Waals surface area contributed by atoms with Gasteiger partial charge in [-0.1, -0.05) is 30.3 Å². The fourth-order valence-electron chi connectivity index (χ4n) is 4.02. The lowest BCUT2D eigenvalue weighted by Gasteiger charge is -2.24. The zero-order valence-corrected chi connectivity index (χ0v) is 17.5. The molecule has 2 fully saturated rings. The number of fused-ring (bicyclic) bond motifs is 2. The maximum atomic E-state index is 12.3. The van der Waals surface area contributed by atoms with Crippen molar-refractivity contribution in [3.63, 3.8) is 0 Å². The molecule has 3 aromatic rings. The van der Waals surface area contributed by atoms with Gasteiger partial charge < -0.3 is 24.1 Å². The summed E-state index contributed by atoms with van der Waals surface area (Å²) in [5.41, 5.74) is 1.68. The number of amides is 1. The Morgan fingerprint density at radius 1 is 1.19 bits per heavy atom. The van der Waals surface area contributed by atoms with Gasteiger partial charge in [-0.15, -0.1) is 0 Å². The van der Waals surface area contributed by atoms with Crippen molar-refractivity contribution in [1.82, 2.24) is 19.5 Å². The Morgan fingerprint density at radius 2 is 1.97 bits per heavy atom. The molecule has 0 bridgehead atoms. The fraction of sp³-hybridized carbons (Fsp3) is 0.429. The summed E-state index contributed by atoms with van der Waals surface area (Å²) in [6.45, 7) is 3.55. The molecule has 2 aliphatic heterocycles. The maximum absolute atomic E-state index is 12.3. The maximum Gasteiger partial charge on any atom is 0.413 e. The molecule has 0 aliphatic carbocycles. The van der Waals surface area contributed by atoms with Crippen LogP contribution in [-0.2, 0) is 25.6 Å². The molecular formula is C21H23N5O6. The third-order valence-electron chi connectivity index (χ3n) is 5.37. The zero-order chi connectivity index (χ0) is 22.3. The lowest BCUT2D eigenvalue weighted by Crippen LogP contribution is -2.31. The van der Waals surface area contributed by atoms with Gasteiger partial charge in [-0.2, -0.15) is 0 Å². The largest absolute Gasteiger partial charge is 0.444 e. The Labute approximate surface area is 183 Å². The van der Waals surface area contributed by atoms with Crippen LogP contribution in [0.1, 0.15) is 25.6 Å². The molecule has 168 valence electrons. The molecule has 11 heteroatoms. The van der Waals surface area contributed by atoms with E-state index in [1.165, 1.54) is 12.7 Å². The van der Waals surface area contributed by atoms with Gasteiger partial charge in [0.2, 0.25) is 0 Å². The number of aliphatic hydroxyl groups excluding tert-OH is 1. The lowest BCUT2D eigenvalue weighted by molar-refractivity contribution is -0.199. The highest BCUT2D eigenvalue weighted by molar-refractivity contribution is 5.93. The van der Waals surface area contributed by atoms with Crippen LogP contribution >= 0.6 is 0 Å². The van der Waals surface area contributed by atoms with Gasteiger partial charge in [0.15, 0.2) is 29.0 Å². The molecule has 4 heterocycles. The number of carbonyl (C=O) groups excluding carboxylic acids is 1. The number of nitrogens with one attached hydrogen (secondary N) is 1. The molecule has 2 aliphatic rings. The van der Waals surface area contributed by atoms with Crippen molar-refractivity contribution in [2.75, 3.05) is 11.9 Å². The van der Waals surface area contributed by atoms with Gasteiger partial charge in [0.05, 0.1) is 12.9 Å². The van der Waals surface area contributed by atoms with Crippen LogP contribution in [0, 0.1) is 0 Å². The van der Waals surface area contributed by atoms with Crippen molar-refractivity contribution in [2.24, 2.45) is 0 Å². The minimum absolute atomic E-state index is 0.129. The molecular weight excluding hydrogens is 418 g/mol. The van der Waals surface area contributed by atoms with E-state index in [0.717, 1.165) is 5.56 Å². The summed E-state index contributed by atoms with van der Waals surface area (Å²) in [7, 11) is 0. The number of hydrogen-bond donors (Lipinski definition) is 2. The Bertz CT molecular complexity index is 1120. The van der Waals surface area contributed by atoms with E-state index in [1.54, 1.807) is 4.57 Å². The Morgan fingerprint density at radius 3 is 2.75 bits per heavy atom. The van der Waals surface area contributed by atoms with E-state index in [0.29, 0.717) is 11.2 Å². The normalized spacial score (nSPS) is 26.2. The van der Waals surface area contributed by atoms with Crippen molar-refractivity contribution in [3.05, 3.63) is 48.5 Å². The second kappa shape index (κ2) is 8.10. The van der Waals surface area contributed by atoms with Gasteiger partial charge in [-0.05, 0) is 19.4 Å². The van der Waals surface area contributed by atoms with Gasteiger partial charge in [0.1, 0.15) is 31.2 Å². The number of nitrogens with zero attached hydrogens (tertiary/aromatic N) is 4. The first-order valence-electron chi connectivity index (χ1n) is 10.2. The monoisotopic (exact) mass is 441 g/mol. The van der Waals surface area contributed by atoms with Crippen LogP contribution in [0.4, 0.5) is 10.6 Å². The zero-order valence-electron chi connectivity index (χ0n) is 17.5. The Balaban J connectivity index is 1.36. The van der Waals surface area contributed by atoms with E-state index < -0.39 is 36.4 Å². The molecule has 2 saturated heterocycles. The highest BCUT2D eigenvalue weighted by Gasteiger charge is 2.56. The molecule has 0 spiro atoms. The summed E-state index contributed by atoms with van der Waals surface area (Å²) >= 11 is 0. The molecule has 0 radical (unpaired) electrons. The number of aliphatic hydroxyl groups is 1. The summed E-state index contributed by atoms with van der Waals surface area (Å²) in [6.07, 6.45) is 0.157. The Kier molecular flexibility index (Phi) is 5.25. The first-order chi connectivity index (χ1) is 15.4. The second-order valence-electron chi connectivity index (χ2n) is 8.05. The molecule has 0 unspecified atom stereocenters. The molecule has 1 aromatic carbocycles. The first-order valence-corrected chi connectivity index (χ1v) is 10.2. The van der Waals surface area contributed by atoms with Crippen molar-refractivity contribution in [3.8, 4) is 0 Å². The van der Waals surface area contributed by atoms with E-state index in [4.69, 9.17) is 18.9 Å².